The zero-order chi connectivity index (χ0) is 18.0. The Bertz CT molecular complexity index is 920. The van der Waals surface area contributed by atoms with Crippen molar-refractivity contribution in [3.63, 3.8) is 0 Å². The molecular formula is C18H14ClFN2O3. The van der Waals surface area contributed by atoms with E-state index in [1.807, 2.05) is 0 Å². The molecule has 128 valence electrons. The van der Waals surface area contributed by atoms with Crippen LogP contribution >= 0.6 is 11.6 Å². The van der Waals surface area contributed by atoms with Crippen molar-refractivity contribution < 1.29 is 18.8 Å². The molecule has 25 heavy (non-hydrogen) atoms. The summed E-state index contributed by atoms with van der Waals surface area (Å²) in [5.74, 6) is -0.870. The van der Waals surface area contributed by atoms with Crippen molar-refractivity contribution in [3.8, 4) is 11.3 Å². The molecule has 1 heterocycles. The summed E-state index contributed by atoms with van der Waals surface area (Å²) in [6.45, 7) is 1.41. The van der Waals surface area contributed by atoms with Crippen LogP contribution in [0.2, 0.25) is 5.02 Å². The standard InChI is InChI=1S/C18H14ClFN2O3/c1-10-15(18(24)21-12-5-2-4-11(8-12)9-23)17(22-25-10)16-13(19)6-3-7-14(16)20/h2-8,23H,9H2,1H3,(H,21,24). The van der Waals surface area contributed by atoms with Gasteiger partial charge in [-0.1, -0.05) is 35.0 Å². The van der Waals surface area contributed by atoms with Crippen molar-refractivity contribution in [1.82, 2.24) is 5.16 Å². The fourth-order valence-corrected chi connectivity index (χ4v) is 2.73. The molecule has 0 aliphatic rings. The molecule has 0 spiro atoms. The summed E-state index contributed by atoms with van der Waals surface area (Å²) in [6, 6.07) is 11.0. The first kappa shape index (κ1) is 17.1. The summed E-state index contributed by atoms with van der Waals surface area (Å²) in [5.41, 5.74) is 1.29. The Morgan fingerprint density at radius 2 is 2.08 bits per heavy atom. The molecule has 7 heteroatoms. The van der Waals surface area contributed by atoms with Crippen molar-refractivity contribution in [2.75, 3.05) is 5.32 Å². The predicted octanol–water partition coefficient (Wildman–Crippen LogP) is 4.19. The maximum absolute atomic E-state index is 14.2. The van der Waals surface area contributed by atoms with Gasteiger partial charge in [0.15, 0.2) is 0 Å². The molecule has 1 amide bonds. The van der Waals surface area contributed by atoms with Gasteiger partial charge in [-0.05, 0) is 36.8 Å². The molecule has 3 aromatic rings. The summed E-state index contributed by atoms with van der Waals surface area (Å²) < 4.78 is 19.3. The third-order valence-electron chi connectivity index (χ3n) is 3.66. The number of benzene rings is 2. The smallest absolute Gasteiger partial charge is 0.261 e. The van der Waals surface area contributed by atoms with Gasteiger partial charge in [0.25, 0.3) is 5.91 Å². The van der Waals surface area contributed by atoms with Gasteiger partial charge < -0.3 is 14.9 Å². The third kappa shape index (κ3) is 3.40. The molecule has 5 nitrogen and oxygen atoms in total. The number of nitrogens with zero attached hydrogens (tertiary/aromatic N) is 1. The normalized spacial score (nSPS) is 10.7. The SMILES string of the molecule is Cc1onc(-c2c(F)cccc2Cl)c1C(=O)Nc1cccc(CO)c1. The number of carbonyl (C=O) groups is 1. The van der Waals surface area contributed by atoms with Crippen LogP contribution in [-0.4, -0.2) is 16.2 Å². The van der Waals surface area contributed by atoms with E-state index in [9.17, 15) is 14.3 Å². The molecule has 0 aliphatic heterocycles. The number of aliphatic hydroxyl groups is 1. The molecular weight excluding hydrogens is 347 g/mol. The number of carbonyl (C=O) groups excluding carboxylic acids is 1. The number of hydrogen-bond acceptors (Lipinski definition) is 4. The number of amides is 1. The van der Waals surface area contributed by atoms with Crippen molar-refractivity contribution >= 4 is 23.2 Å². The van der Waals surface area contributed by atoms with Gasteiger partial charge in [-0.3, -0.25) is 4.79 Å². The van der Waals surface area contributed by atoms with Gasteiger partial charge in [-0.15, -0.1) is 0 Å². The van der Waals surface area contributed by atoms with E-state index in [-0.39, 0.29) is 34.2 Å². The predicted molar refractivity (Wildman–Crippen MR) is 92.0 cm³/mol. The molecule has 0 atom stereocenters. The van der Waals surface area contributed by atoms with Crippen LogP contribution < -0.4 is 5.32 Å². The average molecular weight is 361 g/mol. The molecule has 0 saturated heterocycles. The minimum atomic E-state index is -0.600. The lowest BCUT2D eigenvalue weighted by Crippen LogP contribution is -2.14. The van der Waals surface area contributed by atoms with Gasteiger partial charge in [0.05, 0.1) is 17.2 Å². The monoisotopic (exact) mass is 360 g/mol. The Hall–Kier alpha value is -2.70. The van der Waals surface area contributed by atoms with Gasteiger partial charge in [0.2, 0.25) is 0 Å². The Labute approximate surface area is 148 Å². The zero-order valence-electron chi connectivity index (χ0n) is 13.2. The van der Waals surface area contributed by atoms with Crippen LogP contribution in [0.5, 0.6) is 0 Å². The molecule has 0 fully saturated rings. The van der Waals surface area contributed by atoms with E-state index >= 15 is 0 Å². The molecule has 0 radical (unpaired) electrons. The van der Waals surface area contributed by atoms with E-state index in [1.54, 1.807) is 31.2 Å². The third-order valence-corrected chi connectivity index (χ3v) is 3.97. The summed E-state index contributed by atoms with van der Waals surface area (Å²) >= 11 is 6.07. The van der Waals surface area contributed by atoms with Crippen LogP contribution in [0.1, 0.15) is 21.7 Å². The molecule has 0 bridgehead atoms. The highest BCUT2D eigenvalue weighted by Gasteiger charge is 2.25. The lowest BCUT2D eigenvalue weighted by molar-refractivity contribution is 0.102. The van der Waals surface area contributed by atoms with Crippen molar-refractivity contribution in [2.24, 2.45) is 0 Å². The lowest BCUT2D eigenvalue weighted by Gasteiger charge is -2.08. The number of anilines is 1. The maximum Gasteiger partial charge on any atom is 0.261 e. The number of aromatic nitrogens is 1. The van der Waals surface area contributed by atoms with Crippen LogP contribution in [0.4, 0.5) is 10.1 Å². The Morgan fingerprint density at radius 1 is 1.32 bits per heavy atom. The van der Waals surface area contributed by atoms with E-state index in [2.05, 4.69) is 10.5 Å². The van der Waals surface area contributed by atoms with Crippen molar-refractivity contribution in [2.45, 2.75) is 13.5 Å². The second-order valence-corrected chi connectivity index (χ2v) is 5.78. The second-order valence-electron chi connectivity index (χ2n) is 5.37. The number of nitrogens with one attached hydrogen (secondary N) is 1. The first-order valence-corrected chi connectivity index (χ1v) is 7.81. The molecule has 0 unspecified atom stereocenters. The fraction of sp³-hybridized carbons (Fsp3) is 0.111. The van der Waals surface area contributed by atoms with E-state index in [4.69, 9.17) is 16.1 Å². The van der Waals surface area contributed by atoms with Gasteiger partial charge in [-0.25, -0.2) is 4.39 Å². The summed E-state index contributed by atoms with van der Waals surface area (Å²) in [5, 5.41) is 15.8. The first-order valence-electron chi connectivity index (χ1n) is 7.43. The summed E-state index contributed by atoms with van der Waals surface area (Å²) in [4.78, 5) is 12.7. The molecule has 2 N–H and O–H groups in total. The number of rotatable bonds is 4. The Morgan fingerprint density at radius 3 is 2.80 bits per heavy atom. The largest absolute Gasteiger partial charge is 0.392 e. The molecule has 3 rings (SSSR count). The number of aliphatic hydroxyl groups excluding tert-OH is 1. The van der Waals surface area contributed by atoms with Crippen LogP contribution in [0.3, 0.4) is 0 Å². The van der Waals surface area contributed by atoms with Crippen LogP contribution in [0, 0.1) is 12.7 Å². The van der Waals surface area contributed by atoms with Crippen LogP contribution in [0.15, 0.2) is 47.0 Å². The van der Waals surface area contributed by atoms with Crippen LogP contribution in [0.25, 0.3) is 11.3 Å². The van der Waals surface area contributed by atoms with Crippen LogP contribution in [-0.2, 0) is 6.61 Å². The number of hydrogen-bond donors (Lipinski definition) is 2. The quantitative estimate of drug-likeness (QED) is 0.731. The molecule has 1 aromatic heterocycles. The topological polar surface area (TPSA) is 75.4 Å². The lowest BCUT2D eigenvalue weighted by atomic mass is 10.0. The summed E-state index contributed by atoms with van der Waals surface area (Å²) in [6.07, 6.45) is 0. The molecule has 0 aliphatic carbocycles. The van der Waals surface area contributed by atoms with E-state index in [0.717, 1.165) is 0 Å². The molecule has 0 saturated carbocycles. The van der Waals surface area contributed by atoms with Gasteiger partial charge in [0, 0.05) is 5.69 Å². The van der Waals surface area contributed by atoms with Crippen molar-refractivity contribution in [3.05, 3.63) is 70.2 Å². The van der Waals surface area contributed by atoms with Gasteiger partial charge >= 0.3 is 0 Å². The highest BCUT2D eigenvalue weighted by molar-refractivity contribution is 6.33. The first-order chi connectivity index (χ1) is 12.0. The minimum Gasteiger partial charge on any atom is -0.392 e. The average Bonchev–Trinajstić information content (AvgIpc) is 2.96. The number of aryl methyl sites for hydroxylation is 1. The van der Waals surface area contributed by atoms with Crippen molar-refractivity contribution in [1.29, 1.82) is 0 Å². The highest BCUT2D eigenvalue weighted by atomic mass is 35.5. The van der Waals surface area contributed by atoms with E-state index < -0.39 is 11.7 Å². The molecule has 2 aromatic carbocycles. The zero-order valence-corrected chi connectivity index (χ0v) is 14.0. The number of halogens is 2. The Kier molecular flexibility index (Phi) is 4.83. The summed E-state index contributed by atoms with van der Waals surface area (Å²) in [7, 11) is 0. The second kappa shape index (κ2) is 7.04. The van der Waals surface area contributed by atoms with E-state index in [1.165, 1.54) is 18.2 Å². The minimum absolute atomic E-state index is 0.00951. The van der Waals surface area contributed by atoms with Gasteiger partial charge in [-0.2, -0.15) is 0 Å². The van der Waals surface area contributed by atoms with Gasteiger partial charge in [0.1, 0.15) is 22.8 Å². The Balaban J connectivity index is 2.00. The maximum atomic E-state index is 14.2. The fourth-order valence-electron chi connectivity index (χ4n) is 2.48. The highest BCUT2D eigenvalue weighted by Crippen LogP contribution is 2.33. The van der Waals surface area contributed by atoms with E-state index in [0.29, 0.717) is 11.3 Å².